The average molecular weight is 427 g/mol. The van der Waals surface area contributed by atoms with Crippen LogP contribution in [0, 0.1) is 6.92 Å². The van der Waals surface area contributed by atoms with Crippen LogP contribution in [0.15, 0.2) is 79.1 Å². The van der Waals surface area contributed by atoms with Crippen molar-refractivity contribution in [2.45, 2.75) is 13.5 Å². The summed E-state index contributed by atoms with van der Waals surface area (Å²) in [5.41, 5.74) is 4.93. The third-order valence-corrected chi connectivity index (χ3v) is 5.84. The molecular formula is C26H26N4O2. The van der Waals surface area contributed by atoms with E-state index in [-0.39, 0.29) is 5.91 Å². The molecule has 0 aliphatic carbocycles. The lowest BCUT2D eigenvalue weighted by molar-refractivity contribution is 0.0746. The first-order valence-corrected chi connectivity index (χ1v) is 10.9. The smallest absolute Gasteiger partial charge is 0.253 e. The highest BCUT2D eigenvalue weighted by molar-refractivity contribution is 5.94. The van der Waals surface area contributed by atoms with Gasteiger partial charge in [-0.2, -0.15) is 0 Å². The van der Waals surface area contributed by atoms with Gasteiger partial charge < -0.3 is 18.9 Å². The zero-order chi connectivity index (χ0) is 21.9. The third kappa shape index (κ3) is 4.30. The lowest BCUT2D eigenvalue weighted by Crippen LogP contribution is -2.48. The van der Waals surface area contributed by atoms with Gasteiger partial charge in [-0.1, -0.05) is 18.2 Å². The largest absolute Gasteiger partial charge is 0.487 e. The van der Waals surface area contributed by atoms with Crippen molar-refractivity contribution < 1.29 is 9.53 Å². The van der Waals surface area contributed by atoms with Crippen LogP contribution in [0.1, 0.15) is 21.6 Å². The Kier molecular flexibility index (Phi) is 5.50. The number of hydrogen-bond acceptors (Lipinski definition) is 4. The van der Waals surface area contributed by atoms with Gasteiger partial charge in [0.1, 0.15) is 18.0 Å². The quantitative estimate of drug-likeness (QED) is 0.480. The minimum Gasteiger partial charge on any atom is -0.487 e. The molecule has 2 aromatic carbocycles. The molecule has 2 aromatic heterocycles. The van der Waals surface area contributed by atoms with E-state index in [1.807, 2.05) is 64.2 Å². The molecule has 3 heterocycles. The van der Waals surface area contributed by atoms with Crippen molar-refractivity contribution in [3.63, 3.8) is 0 Å². The number of rotatable bonds is 5. The van der Waals surface area contributed by atoms with Crippen molar-refractivity contribution in [1.29, 1.82) is 0 Å². The molecule has 4 aromatic rings. The van der Waals surface area contributed by atoms with Crippen molar-refractivity contribution in [2.24, 2.45) is 0 Å². The summed E-state index contributed by atoms with van der Waals surface area (Å²) in [5, 5.41) is 0. The minimum atomic E-state index is 0.0702. The number of carbonyl (C=O) groups is 1. The standard InChI is InChI=1S/C26H26N4O2/c1-20-5-4-6-23(17-20)28-13-15-29(16-14-28)26(31)21-8-10-24(11-9-21)32-19-22-18-30-12-3-2-7-25(30)27-22/h2-12,17-18H,13-16,19H2,1H3. The first-order chi connectivity index (χ1) is 15.7. The third-order valence-electron chi connectivity index (χ3n) is 5.84. The van der Waals surface area contributed by atoms with Crippen molar-refractivity contribution >= 4 is 17.2 Å². The summed E-state index contributed by atoms with van der Waals surface area (Å²) >= 11 is 0. The maximum Gasteiger partial charge on any atom is 0.253 e. The molecule has 6 heteroatoms. The molecule has 0 radical (unpaired) electrons. The summed E-state index contributed by atoms with van der Waals surface area (Å²) in [6, 6.07) is 21.8. The van der Waals surface area contributed by atoms with Crippen molar-refractivity contribution in [2.75, 3.05) is 31.1 Å². The second kappa shape index (κ2) is 8.75. The molecular weight excluding hydrogens is 400 g/mol. The minimum absolute atomic E-state index is 0.0702. The van der Waals surface area contributed by atoms with E-state index in [2.05, 4.69) is 41.1 Å². The number of amides is 1. The molecule has 0 unspecified atom stereocenters. The predicted molar refractivity (Wildman–Crippen MR) is 125 cm³/mol. The van der Waals surface area contributed by atoms with Crippen LogP contribution in [0.2, 0.25) is 0 Å². The molecule has 1 fully saturated rings. The van der Waals surface area contributed by atoms with E-state index < -0.39 is 0 Å². The van der Waals surface area contributed by atoms with Gasteiger partial charge in [0, 0.05) is 49.8 Å². The molecule has 5 rings (SSSR count). The number of pyridine rings is 1. The molecule has 6 nitrogen and oxygen atoms in total. The fraction of sp³-hybridized carbons (Fsp3) is 0.231. The van der Waals surface area contributed by atoms with Crippen LogP contribution < -0.4 is 9.64 Å². The number of piperazine rings is 1. The number of aromatic nitrogens is 2. The maximum absolute atomic E-state index is 12.9. The van der Waals surface area contributed by atoms with Gasteiger partial charge >= 0.3 is 0 Å². The molecule has 1 saturated heterocycles. The molecule has 0 atom stereocenters. The van der Waals surface area contributed by atoms with Gasteiger partial charge in [-0.25, -0.2) is 4.98 Å². The normalized spacial score (nSPS) is 14.0. The Balaban J connectivity index is 1.16. The van der Waals surface area contributed by atoms with Gasteiger partial charge in [-0.15, -0.1) is 0 Å². The van der Waals surface area contributed by atoms with E-state index in [9.17, 15) is 4.79 Å². The topological polar surface area (TPSA) is 50.1 Å². The molecule has 32 heavy (non-hydrogen) atoms. The molecule has 1 aliphatic rings. The van der Waals surface area contributed by atoms with Crippen molar-refractivity contribution in [3.8, 4) is 5.75 Å². The van der Waals surface area contributed by atoms with Gasteiger partial charge in [0.2, 0.25) is 0 Å². The Labute approximate surface area is 187 Å². The molecule has 0 bridgehead atoms. The number of anilines is 1. The van der Waals surface area contributed by atoms with Crippen LogP contribution in [0.25, 0.3) is 5.65 Å². The second-order valence-electron chi connectivity index (χ2n) is 8.13. The summed E-state index contributed by atoms with van der Waals surface area (Å²) in [6.07, 6.45) is 3.93. The van der Waals surface area contributed by atoms with Crippen molar-refractivity contribution in [1.82, 2.24) is 14.3 Å². The van der Waals surface area contributed by atoms with Crippen molar-refractivity contribution in [3.05, 3.63) is 95.9 Å². The average Bonchev–Trinajstić information content (AvgIpc) is 3.26. The SMILES string of the molecule is Cc1cccc(N2CCN(C(=O)c3ccc(OCc4cn5ccccc5n4)cc3)CC2)c1. The number of carbonyl (C=O) groups excluding carboxylic acids is 1. The van der Waals surface area contributed by atoms with Crippen LogP contribution in [0.3, 0.4) is 0 Å². The molecule has 1 aliphatic heterocycles. The first-order valence-electron chi connectivity index (χ1n) is 10.9. The van der Waals surface area contributed by atoms with E-state index >= 15 is 0 Å². The highest BCUT2D eigenvalue weighted by Crippen LogP contribution is 2.20. The van der Waals surface area contributed by atoms with Crippen LogP contribution in [-0.2, 0) is 6.61 Å². The number of nitrogens with zero attached hydrogens (tertiary/aromatic N) is 4. The van der Waals surface area contributed by atoms with Gasteiger partial charge in [0.15, 0.2) is 0 Å². The van der Waals surface area contributed by atoms with Crippen LogP contribution in [0.4, 0.5) is 5.69 Å². The zero-order valence-electron chi connectivity index (χ0n) is 18.1. The first kappa shape index (κ1) is 20.1. The Morgan fingerprint density at radius 3 is 2.53 bits per heavy atom. The van der Waals surface area contributed by atoms with E-state index in [4.69, 9.17) is 4.74 Å². The summed E-state index contributed by atoms with van der Waals surface area (Å²) in [4.78, 5) is 21.8. The Bertz CT molecular complexity index is 1190. The van der Waals surface area contributed by atoms with Crippen LogP contribution >= 0.6 is 0 Å². The number of imidazole rings is 1. The van der Waals surface area contributed by atoms with Crippen LogP contribution in [-0.4, -0.2) is 46.4 Å². The molecule has 0 saturated carbocycles. The fourth-order valence-electron chi connectivity index (χ4n) is 4.08. The van der Waals surface area contributed by atoms with E-state index in [0.717, 1.165) is 43.3 Å². The second-order valence-corrected chi connectivity index (χ2v) is 8.13. The summed E-state index contributed by atoms with van der Waals surface area (Å²) in [5.74, 6) is 0.795. The van der Waals surface area contributed by atoms with Crippen LogP contribution in [0.5, 0.6) is 5.75 Å². The Morgan fingerprint density at radius 2 is 1.78 bits per heavy atom. The van der Waals surface area contributed by atoms with Gasteiger partial charge in [-0.05, 0) is 61.0 Å². The molecule has 1 amide bonds. The summed E-state index contributed by atoms with van der Waals surface area (Å²) in [7, 11) is 0. The summed E-state index contributed by atoms with van der Waals surface area (Å²) < 4.78 is 7.84. The van der Waals surface area contributed by atoms with E-state index in [1.54, 1.807) is 0 Å². The highest BCUT2D eigenvalue weighted by Gasteiger charge is 2.22. The fourth-order valence-corrected chi connectivity index (χ4v) is 4.08. The Hall–Kier alpha value is -3.80. The monoisotopic (exact) mass is 426 g/mol. The number of aryl methyl sites for hydroxylation is 1. The number of benzene rings is 2. The Morgan fingerprint density at radius 1 is 0.969 bits per heavy atom. The van der Waals surface area contributed by atoms with Gasteiger partial charge in [0.05, 0.1) is 5.69 Å². The summed E-state index contributed by atoms with van der Waals surface area (Å²) in [6.45, 7) is 5.62. The van der Waals surface area contributed by atoms with E-state index in [0.29, 0.717) is 12.2 Å². The lowest BCUT2D eigenvalue weighted by Gasteiger charge is -2.36. The number of fused-ring (bicyclic) bond motifs is 1. The zero-order valence-corrected chi connectivity index (χ0v) is 18.1. The predicted octanol–water partition coefficient (Wildman–Crippen LogP) is 4.18. The molecule has 0 spiro atoms. The maximum atomic E-state index is 12.9. The number of ether oxygens (including phenoxy) is 1. The number of hydrogen-bond donors (Lipinski definition) is 0. The van der Waals surface area contributed by atoms with Gasteiger partial charge in [0.25, 0.3) is 5.91 Å². The van der Waals surface area contributed by atoms with E-state index in [1.165, 1.54) is 11.3 Å². The molecule has 162 valence electrons. The lowest BCUT2D eigenvalue weighted by atomic mass is 10.1. The molecule has 0 N–H and O–H groups in total. The highest BCUT2D eigenvalue weighted by atomic mass is 16.5. The van der Waals surface area contributed by atoms with Gasteiger partial charge in [-0.3, -0.25) is 4.79 Å².